The summed E-state index contributed by atoms with van der Waals surface area (Å²) in [4.78, 5) is 39.5. The fourth-order valence-corrected chi connectivity index (χ4v) is 4.17. The topological polar surface area (TPSA) is 83.8 Å². The molecule has 0 saturated carbocycles. The second-order valence-electron chi connectivity index (χ2n) is 8.09. The first-order valence-electron chi connectivity index (χ1n) is 9.96. The van der Waals surface area contributed by atoms with E-state index in [0.717, 1.165) is 22.6 Å². The first kappa shape index (κ1) is 24.0. The van der Waals surface area contributed by atoms with Crippen LogP contribution in [0.25, 0.3) is 5.57 Å². The Morgan fingerprint density at radius 3 is 2.21 bits per heavy atom. The number of benzene rings is 2. The van der Waals surface area contributed by atoms with Crippen molar-refractivity contribution in [2.24, 2.45) is 0 Å². The maximum atomic E-state index is 13.7. The molecule has 1 unspecified atom stereocenters. The Morgan fingerprint density at radius 1 is 1.06 bits per heavy atom. The van der Waals surface area contributed by atoms with E-state index in [2.05, 4.69) is 0 Å². The van der Waals surface area contributed by atoms with Crippen LogP contribution in [-0.2, 0) is 22.2 Å². The average Bonchev–Trinajstić information content (AvgIpc) is 2.76. The number of carbonyl (C=O) groups excluding carboxylic acids is 2. The van der Waals surface area contributed by atoms with E-state index in [1.54, 1.807) is 31.2 Å². The van der Waals surface area contributed by atoms with Gasteiger partial charge < -0.3 is 9.80 Å². The molecule has 2 aromatic carbocycles. The van der Waals surface area contributed by atoms with E-state index in [4.69, 9.17) is 0 Å². The molecule has 1 aliphatic heterocycles. The summed E-state index contributed by atoms with van der Waals surface area (Å²) in [5.74, 6) is -1.23. The van der Waals surface area contributed by atoms with Crippen molar-refractivity contribution in [2.75, 3.05) is 14.1 Å². The Labute approximate surface area is 188 Å². The molecule has 174 valence electrons. The van der Waals surface area contributed by atoms with Gasteiger partial charge in [0.05, 0.1) is 16.1 Å². The van der Waals surface area contributed by atoms with Crippen LogP contribution in [-0.4, -0.2) is 46.2 Å². The van der Waals surface area contributed by atoms with Gasteiger partial charge in [0.2, 0.25) is 0 Å². The highest BCUT2D eigenvalue weighted by Crippen LogP contribution is 2.42. The molecule has 0 N–H and O–H groups in total. The number of piperazine rings is 1. The number of nitrogens with zero attached hydrogens (tertiary/aromatic N) is 3. The Bertz CT molecular complexity index is 1160. The zero-order valence-electron chi connectivity index (χ0n) is 18.4. The lowest BCUT2D eigenvalue weighted by molar-refractivity contribution is -0.385. The summed E-state index contributed by atoms with van der Waals surface area (Å²) in [6.07, 6.45) is -4.72. The van der Waals surface area contributed by atoms with E-state index in [1.165, 1.54) is 25.9 Å². The number of alkyl halides is 3. The highest BCUT2D eigenvalue weighted by molar-refractivity contribution is 6.11. The third kappa shape index (κ3) is 4.08. The zero-order valence-corrected chi connectivity index (χ0v) is 18.4. The first-order chi connectivity index (χ1) is 15.3. The molecular formula is C23H22F3N3O4. The van der Waals surface area contributed by atoms with Crippen LogP contribution in [0.2, 0.25) is 0 Å². The standard InChI is InChI=1S/C23H22F3N3O4/c1-14(18-16(23(24,25)26)11-8-12-17(18)29(32)33)19-20(30)28(4)22(2,21(31)27(19)3)13-15-9-6-5-7-10-15/h5-12H,13H2,1-4H3. The van der Waals surface area contributed by atoms with Gasteiger partial charge in [-0.1, -0.05) is 36.4 Å². The predicted molar refractivity (Wildman–Crippen MR) is 115 cm³/mol. The van der Waals surface area contributed by atoms with E-state index in [9.17, 15) is 32.9 Å². The highest BCUT2D eigenvalue weighted by Gasteiger charge is 2.50. The van der Waals surface area contributed by atoms with Gasteiger partial charge in [-0.25, -0.2) is 0 Å². The lowest BCUT2D eigenvalue weighted by atomic mass is 9.85. The monoisotopic (exact) mass is 461 g/mol. The molecule has 10 heteroatoms. The summed E-state index contributed by atoms with van der Waals surface area (Å²) in [6.45, 7) is 2.76. The van der Waals surface area contributed by atoms with Crippen molar-refractivity contribution < 1.29 is 27.7 Å². The number of halogens is 3. The molecule has 2 amide bonds. The molecule has 1 atom stereocenters. The smallest absolute Gasteiger partial charge is 0.326 e. The minimum atomic E-state index is -4.91. The minimum absolute atomic E-state index is 0.185. The molecule has 1 saturated heterocycles. The largest absolute Gasteiger partial charge is 0.417 e. The summed E-state index contributed by atoms with van der Waals surface area (Å²) in [5.41, 5.74) is -3.94. The van der Waals surface area contributed by atoms with Crippen LogP contribution in [0.3, 0.4) is 0 Å². The molecule has 0 aromatic heterocycles. The van der Waals surface area contributed by atoms with Crippen LogP contribution in [0, 0.1) is 10.1 Å². The van der Waals surface area contributed by atoms with Gasteiger partial charge in [-0.15, -0.1) is 0 Å². The number of carbonyl (C=O) groups is 2. The lowest BCUT2D eigenvalue weighted by Gasteiger charge is -2.46. The summed E-state index contributed by atoms with van der Waals surface area (Å²) in [7, 11) is 2.69. The van der Waals surface area contributed by atoms with Crippen molar-refractivity contribution >= 4 is 23.1 Å². The van der Waals surface area contributed by atoms with E-state index in [0.29, 0.717) is 6.07 Å². The number of hydrogen-bond donors (Lipinski definition) is 0. The number of rotatable bonds is 4. The fraction of sp³-hybridized carbons (Fsp3) is 0.304. The van der Waals surface area contributed by atoms with Crippen LogP contribution in [0.5, 0.6) is 0 Å². The fourth-order valence-electron chi connectivity index (χ4n) is 4.17. The van der Waals surface area contributed by atoms with Gasteiger partial charge in [-0.3, -0.25) is 19.7 Å². The molecule has 1 fully saturated rings. The summed E-state index contributed by atoms with van der Waals surface area (Å²) in [5, 5.41) is 11.5. The van der Waals surface area contributed by atoms with Crippen molar-refractivity contribution in [2.45, 2.75) is 32.0 Å². The van der Waals surface area contributed by atoms with Crippen LogP contribution in [0.15, 0.2) is 54.2 Å². The Balaban J connectivity index is 2.19. The predicted octanol–water partition coefficient (Wildman–Crippen LogP) is 4.28. The van der Waals surface area contributed by atoms with E-state index in [1.807, 2.05) is 6.07 Å². The molecule has 1 aliphatic rings. The summed E-state index contributed by atoms with van der Waals surface area (Å²) < 4.78 is 41.1. The van der Waals surface area contributed by atoms with E-state index in [-0.39, 0.29) is 17.7 Å². The third-order valence-corrected chi connectivity index (χ3v) is 6.01. The molecular weight excluding hydrogens is 439 g/mol. The van der Waals surface area contributed by atoms with E-state index < -0.39 is 45.3 Å². The lowest BCUT2D eigenvalue weighted by Crippen LogP contribution is -2.64. The quantitative estimate of drug-likeness (QED) is 0.387. The molecule has 1 heterocycles. The zero-order chi connectivity index (χ0) is 24.7. The minimum Gasteiger partial charge on any atom is -0.326 e. The van der Waals surface area contributed by atoms with Crippen LogP contribution >= 0.6 is 0 Å². The van der Waals surface area contributed by atoms with Crippen LogP contribution in [0.1, 0.15) is 30.5 Å². The SMILES string of the molecule is CC(=C1C(=O)N(C)C(C)(Cc2ccccc2)C(=O)N1C)c1c([N+](=O)[O-])cccc1C(F)(F)F. The number of nitro benzene ring substituents is 1. The Hall–Kier alpha value is -3.69. The number of amides is 2. The highest BCUT2D eigenvalue weighted by atomic mass is 19.4. The van der Waals surface area contributed by atoms with Crippen molar-refractivity contribution in [1.29, 1.82) is 0 Å². The Kier molecular flexibility index (Phi) is 6.06. The number of likely N-dealkylation sites (N-methyl/N-ethyl adjacent to an activating group) is 2. The van der Waals surface area contributed by atoms with Crippen LogP contribution < -0.4 is 0 Å². The van der Waals surface area contributed by atoms with E-state index >= 15 is 0 Å². The number of nitro groups is 1. The average molecular weight is 461 g/mol. The van der Waals surface area contributed by atoms with Crippen molar-refractivity contribution in [3.8, 4) is 0 Å². The van der Waals surface area contributed by atoms with Crippen molar-refractivity contribution in [1.82, 2.24) is 9.80 Å². The second kappa shape index (κ2) is 8.34. The molecule has 0 bridgehead atoms. The van der Waals surface area contributed by atoms with Gasteiger partial charge in [-0.05, 0) is 31.1 Å². The van der Waals surface area contributed by atoms with Gasteiger partial charge in [0, 0.05) is 26.6 Å². The molecule has 0 aliphatic carbocycles. The maximum absolute atomic E-state index is 13.7. The molecule has 0 spiro atoms. The second-order valence-corrected chi connectivity index (χ2v) is 8.09. The molecule has 3 rings (SSSR count). The van der Waals surface area contributed by atoms with Crippen molar-refractivity contribution in [3.63, 3.8) is 0 Å². The third-order valence-electron chi connectivity index (χ3n) is 6.01. The molecule has 33 heavy (non-hydrogen) atoms. The van der Waals surface area contributed by atoms with Gasteiger partial charge in [0.1, 0.15) is 11.2 Å². The molecule has 7 nitrogen and oxygen atoms in total. The Morgan fingerprint density at radius 2 is 1.67 bits per heavy atom. The van der Waals surface area contributed by atoms with Gasteiger partial charge in [0.25, 0.3) is 17.5 Å². The van der Waals surface area contributed by atoms with Crippen LogP contribution in [0.4, 0.5) is 18.9 Å². The van der Waals surface area contributed by atoms with Gasteiger partial charge in [-0.2, -0.15) is 13.2 Å². The normalized spacial score (nSPS) is 20.8. The summed E-state index contributed by atoms with van der Waals surface area (Å²) >= 11 is 0. The maximum Gasteiger partial charge on any atom is 0.417 e. The van der Waals surface area contributed by atoms with Gasteiger partial charge in [0.15, 0.2) is 0 Å². The van der Waals surface area contributed by atoms with Gasteiger partial charge >= 0.3 is 6.18 Å². The molecule has 0 radical (unpaired) electrons. The van der Waals surface area contributed by atoms with Crippen molar-refractivity contribution in [3.05, 3.63) is 81.0 Å². The first-order valence-corrected chi connectivity index (χ1v) is 9.96. The number of hydrogen-bond acceptors (Lipinski definition) is 4. The number of allylic oxidation sites excluding steroid dienone is 1. The molecule has 2 aromatic rings. The summed E-state index contributed by atoms with van der Waals surface area (Å²) in [6, 6.07) is 11.6.